The second-order valence-electron chi connectivity index (χ2n) is 6.68. The third kappa shape index (κ3) is 4.83. The molecule has 0 saturated heterocycles. The van der Waals surface area contributed by atoms with Gasteiger partial charge in [0.15, 0.2) is 5.13 Å². The number of nitrogens with zero attached hydrogens (tertiary/aromatic N) is 1. The van der Waals surface area contributed by atoms with Gasteiger partial charge in [0, 0.05) is 21.3 Å². The van der Waals surface area contributed by atoms with E-state index in [-0.39, 0.29) is 10.8 Å². The fourth-order valence-electron chi connectivity index (χ4n) is 2.89. The van der Waals surface area contributed by atoms with Gasteiger partial charge in [0.2, 0.25) is 0 Å². The number of hydrogen-bond donors (Lipinski definition) is 2. The van der Waals surface area contributed by atoms with Gasteiger partial charge in [0.05, 0.1) is 15.1 Å². The molecule has 31 heavy (non-hydrogen) atoms. The number of aryl methyl sites for hydroxylation is 1. The fraction of sp³-hybridized carbons (Fsp3) is 0.0476. The summed E-state index contributed by atoms with van der Waals surface area (Å²) in [7, 11) is -3.76. The monoisotopic (exact) mass is 491 g/mol. The molecular weight excluding hydrogens is 477 g/mol. The number of fused-ring (bicyclic) bond motifs is 1. The summed E-state index contributed by atoms with van der Waals surface area (Å²) in [4.78, 5) is 17.1. The van der Waals surface area contributed by atoms with Crippen LogP contribution in [0.15, 0.2) is 65.6 Å². The van der Waals surface area contributed by atoms with Crippen molar-refractivity contribution >= 4 is 71.5 Å². The van der Waals surface area contributed by atoms with E-state index in [4.69, 9.17) is 23.2 Å². The third-order valence-electron chi connectivity index (χ3n) is 4.39. The molecule has 0 spiro atoms. The molecule has 0 bridgehead atoms. The van der Waals surface area contributed by atoms with Gasteiger partial charge in [-0.25, -0.2) is 13.4 Å². The molecule has 1 heterocycles. The summed E-state index contributed by atoms with van der Waals surface area (Å²) in [6.45, 7) is 1.91. The van der Waals surface area contributed by atoms with E-state index in [1.54, 1.807) is 6.07 Å². The van der Waals surface area contributed by atoms with Gasteiger partial charge in [-0.05, 0) is 73.2 Å². The Morgan fingerprint density at radius 2 is 1.65 bits per heavy atom. The maximum atomic E-state index is 12.6. The molecule has 1 aromatic heterocycles. The maximum absolute atomic E-state index is 12.6. The quantitative estimate of drug-likeness (QED) is 0.360. The second kappa shape index (κ2) is 8.47. The first kappa shape index (κ1) is 21.6. The molecule has 6 nitrogen and oxygen atoms in total. The lowest BCUT2D eigenvalue weighted by molar-refractivity contribution is 0.102. The van der Waals surface area contributed by atoms with Crippen LogP contribution in [0.25, 0.3) is 10.2 Å². The highest BCUT2D eigenvalue weighted by molar-refractivity contribution is 7.92. The Morgan fingerprint density at radius 3 is 2.32 bits per heavy atom. The lowest BCUT2D eigenvalue weighted by Gasteiger charge is -2.09. The highest BCUT2D eigenvalue weighted by atomic mass is 35.5. The molecule has 0 atom stereocenters. The van der Waals surface area contributed by atoms with Crippen molar-refractivity contribution in [3.63, 3.8) is 0 Å². The molecule has 0 fully saturated rings. The molecule has 0 aliphatic heterocycles. The number of nitrogens with one attached hydrogen (secondary N) is 2. The first-order chi connectivity index (χ1) is 14.7. The summed E-state index contributed by atoms with van der Waals surface area (Å²) in [5.41, 5.74) is 2.41. The first-order valence-corrected chi connectivity index (χ1v) is 12.0. The Balaban J connectivity index is 1.48. The highest BCUT2D eigenvalue weighted by Crippen LogP contribution is 2.31. The average Bonchev–Trinajstić information content (AvgIpc) is 3.11. The van der Waals surface area contributed by atoms with Crippen molar-refractivity contribution in [1.82, 2.24) is 4.98 Å². The number of thiazole rings is 1. The predicted octanol–water partition coefficient (Wildman–Crippen LogP) is 5.96. The molecule has 0 radical (unpaired) electrons. The topological polar surface area (TPSA) is 88.2 Å². The van der Waals surface area contributed by atoms with E-state index in [0.29, 0.717) is 26.4 Å². The number of carbonyl (C=O) groups excluding carboxylic acids is 1. The van der Waals surface area contributed by atoms with Gasteiger partial charge >= 0.3 is 0 Å². The summed E-state index contributed by atoms with van der Waals surface area (Å²) >= 11 is 13.2. The standard InChI is InChI=1S/C21H15Cl2N3O3S2/c1-12-10-15(23)11-18-19(12)24-21(30-18)25-20(27)13-2-6-16(7-3-13)26-31(28,29)17-8-4-14(22)5-9-17/h2-11,26H,1H3,(H,24,25,27). The van der Waals surface area contributed by atoms with E-state index in [0.717, 1.165) is 15.8 Å². The van der Waals surface area contributed by atoms with Gasteiger partial charge in [-0.3, -0.25) is 14.8 Å². The van der Waals surface area contributed by atoms with E-state index < -0.39 is 10.0 Å². The molecule has 158 valence electrons. The van der Waals surface area contributed by atoms with Crippen LogP contribution in [0.3, 0.4) is 0 Å². The minimum Gasteiger partial charge on any atom is -0.298 e. The zero-order valence-corrected chi connectivity index (χ0v) is 19.2. The Kier molecular flexibility index (Phi) is 5.90. The number of hydrogen-bond acceptors (Lipinski definition) is 5. The van der Waals surface area contributed by atoms with Crippen LogP contribution < -0.4 is 10.0 Å². The molecule has 10 heteroatoms. The molecule has 0 unspecified atom stereocenters. The van der Waals surface area contributed by atoms with Crippen LogP contribution in [0.5, 0.6) is 0 Å². The molecule has 4 rings (SSSR count). The van der Waals surface area contributed by atoms with Gasteiger partial charge in [-0.2, -0.15) is 0 Å². The van der Waals surface area contributed by atoms with Crippen LogP contribution in [0, 0.1) is 6.92 Å². The van der Waals surface area contributed by atoms with Gasteiger partial charge in [-0.1, -0.05) is 34.5 Å². The minimum absolute atomic E-state index is 0.0879. The smallest absolute Gasteiger partial charge is 0.261 e. The first-order valence-electron chi connectivity index (χ1n) is 8.98. The summed E-state index contributed by atoms with van der Waals surface area (Å²) in [6, 6.07) is 15.6. The molecule has 0 aliphatic rings. The lowest BCUT2D eigenvalue weighted by Crippen LogP contribution is -2.14. The number of halogens is 2. The van der Waals surface area contributed by atoms with Crippen molar-refractivity contribution in [3.8, 4) is 0 Å². The number of rotatable bonds is 5. The molecule has 4 aromatic rings. The van der Waals surface area contributed by atoms with E-state index in [2.05, 4.69) is 15.0 Å². The van der Waals surface area contributed by atoms with Crippen LogP contribution in [-0.4, -0.2) is 19.3 Å². The lowest BCUT2D eigenvalue weighted by atomic mass is 10.2. The van der Waals surface area contributed by atoms with E-state index in [1.165, 1.54) is 59.9 Å². The van der Waals surface area contributed by atoms with Crippen LogP contribution >= 0.6 is 34.5 Å². The number of aromatic nitrogens is 1. The molecule has 1 amide bonds. The largest absolute Gasteiger partial charge is 0.298 e. The van der Waals surface area contributed by atoms with Crippen LogP contribution in [0.2, 0.25) is 10.0 Å². The molecule has 2 N–H and O–H groups in total. The Morgan fingerprint density at radius 1 is 0.968 bits per heavy atom. The summed E-state index contributed by atoms with van der Waals surface area (Å²) < 4.78 is 28.3. The van der Waals surface area contributed by atoms with Crippen LogP contribution in [0.1, 0.15) is 15.9 Å². The van der Waals surface area contributed by atoms with E-state index >= 15 is 0 Å². The molecule has 0 saturated carbocycles. The Bertz CT molecular complexity index is 1380. The Labute approximate surface area is 192 Å². The molecule has 0 aliphatic carbocycles. The van der Waals surface area contributed by atoms with Crippen molar-refractivity contribution in [2.24, 2.45) is 0 Å². The third-order valence-corrected chi connectivity index (χ3v) is 7.18. The van der Waals surface area contributed by atoms with E-state index in [1.807, 2.05) is 13.0 Å². The van der Waals surface area contributed by atoms with Gasteiger partial charge in [0.1, 0.15) is 0 Å². The number of sulfonamides is 1. The molecular formula is C21H15Cl2N3O3S2. The normalized spacial score (nSPS) is 11.5. The SMILES string of the molecule is Cc1cc(Cl)cc2sc(NC(=O)c3ccc(NS(=O)(=O)c4ccc(Cl)cc4)cc3)nc12. The van der Waals surface area contributed by atoms with Crippen molar-refractivity contribution in [2.75, 3.05) is 10.0 Å². The highest BCUT2D eigenvalue weighted by Gasteiger charge is 2.15. The summed E-state index contributed by atoms with van der Waals surface area (Å²) in [5.74, 6) is -0.352. The zero-order valence-electron chi connectivity index (χ0n) is 16.0. The Hall–Kier alpha value is -2.65. The number of benzene rings is 3. The minimum atomic E-state index is -3.76. The van der Waals surface area contributed by atoms with Gasteiger partial charge < -0.3 is 0 Å². The van der Waals surface area contributed by atoms with Gasteiger partial charge in [-0.15, -0.1) is 0 Å². The van der Waals surface area contributed by atoms with Crippen molar-refractivity contribution < 1.29 is 13.2 Å². The summed E-state index contributed by atoms with van der Waals surface area (Å²) in [6.07, 6.45) is 0. The fourth-order valence-corrected chi connectivity index (χ4v) is 5.39. The predicted molar refractivity (Wildman–Crippen MR) is 126 cm³/mol. The van der Waals surface area contributed by atoms with Crippen molar-refractivity contribution in [2.45, 2.75) is 11.8 Å². The number of amides is 1. The van der Waals surface area contributed by atoms with Crippen molar-refractivity contribution in [1.29, 1.82) is 0 Å². The second-order valence-corrected chi connectivity index (χ2v) is 10.3. The zero-order chi connectivity index (χ0) is 22.2. The van der Waals surface area contributed by atoms with E-state index in [9.17, 15) is 13.2 Å². The van der Waals surface area contributed by atoms with Gasteiger partial charge in [0.25, 0.3) is 15.9 Å². The van der Waals surface area contributed by atoms with Crippen molar-refractivity contribution in [3.05, 3.63) is 81.8 Å². The average molecular weight is 492 g/mol. The molecule has 3 aromatic carbocycles. The number of carbonyl (C=O) groups is 1. The summed E-state index contributed by atoms with van der Waals surface area (Å²) in [5, 5.41) is 4.28. The van der Waals surface area contributed by atoms with Crippen LogP contribution in [0.4, 0.5) is 10.8 Å². The maximum Gasteiger partial charge on any atom is 0.261 e. The van der Waals surface area contributed by atoms with Crippen LogP contribution in [-0.2, 0) is 10.0 Å². The number of anilines is 2.